The van der Waals surface area contributed by atoms with Gasteiger partial charge >= 0.3 is 0 Å². The summed E-state index contributed by atoms with van der Waals surface area (Å²) in [7, 11) is 0. The highest BCUT2D eigenvalue weighted by Crippen LogP contribution is 2.26. The van der Waals surface area contributed by atoms with Crippen LogP contribution in [0.3, 0.4) is 0 Å². The van der Waals surface area contributed by atoms with Crippen LogP contribution in [-0.2, 0) is 12.0 Å². The lowest BCUT2D eigenvalue weighted by Crippen LogP contribution is -2.33. The second kappa shape index (κ2) is 6.36. The molecular weight excluding hydrogens is 252 g/mol. The highest BCUT2D eigenvalue weighted by atomic mass is 32.1. The number of aromatic nitrogens is 1. The summed E-state index contributed by atoms with van der Waals surface area (Å²) in [4.78, 5) is 4.77. The molecule has 1 aliphatic rings. The number of nitrogens with one attached hydrogen (secondary N) is 1. The van der Waals surface area contributed by atoms with Crippen LogP contribution in [-0.4, -0.2) is 11.0 Å². The Hall–Kier alpha value is -0.410. The fraction of sp³-hybridized carbons (Fsp3) is 0.812. The molecule has 1 aromatic heterocycles. The maximum Gasteiger partial charge on any atom is 0.0982 e. The van der Waals surface area contributed by atoms with Crippen LogP contribution in [0.4, 0.5) is 0 Å². The van der Waals surface area contributed by atoms with Crippen LogP contribution in [0.15, 0.2) is 5.38 Å². The van der Waals surface area contributed by atoms with E-state index in [2.05, 4.69) is 38.4 Å². The molecule has 1 heterocycles. The summed E-state index contributed by atoms with van der Waals surface area (Å²) < 4.78 is 0. The third-order valence-electron chi connectivity index (χ3n) is 4.10. The first kappa shape index (κ1) is 15.0. The Morgan fingerprint density at radius 2 is 2.00 bits per heavy atom. The van der Waals surface area contributed by atoms with Crippen LogP contribution in [0.1, 0.15) is 70.5 Å². The molecule has 0 saturated heterocycles. The third-order valence-corrected chi connectivity index (χ3v) is 5.42. The van der Waals surface area contributed by atoms with Gasteiger partial charge in [-0.05, 0) is 18.8 Å². The summed E-state index contributed by atoms with van der Waals surface area (Å²) in [5, 5.41) is 7.20. The van der Waals surface area contributed by atoms with Crippen molar-refractivity contribution in [1.29, 1.82) is 0 Å². The third kappa shape index (κ3) is 4.28. The summed E-state index contributed by atoms with van der Waals surface area (Å²) in [6.45, 7) is 10.0. The van der Waals surface area contributed by atoms with Crippen LogP contribution >= 0.6 is 11.3 Å². The van der Waals surface area contributed by atoms with Crippen LogP contribution in [0, 0.1) is 5.92 Å². The highest BCUT2D eigenvalue weighted by molar-refractivity contribution is 7.09. The second-order valence-corrected chi connectivity index (χ2v) is 7.85. The largest absolute Gasteiger partial charge is 0.308 e. The van der Waals surface area contributed by atoms with E-state index >= 15 is 0 Å². The van der Waals surface area contributed by atoms with Crippen LogP contribution in [0.5, 0.6) is 0 Å². The Labute approximate surface area is 122 Å². The van der Waals surface area contributed by atoms with E-state index in [0.29, 0.717) is 6.04 Å². The zero-order valence-corrected chi connectivity index (χ0v) is 13.6. The number of thiazole rings is 1. The van der Waals surface area contributed by atoms with Gasteiger partial charge < -0.3 is 5.32 Å². The van der Waals surface area contributed by atoms with E-state index in [9.17, 15) is 0 Å². The van der Waals surface area contributed by atoms with Gasteiger partial charge in [0.25, 0.3) is 0 Å². The van der Waals surface area contributed by atoms with E-state index in [4.69, 9.17) is 4.98 Å². The van der Waals surface area contributed by atoms with Crippen molar-refractivity contribution in [3.8, 4) is 0 Å². The first-order valence-corrected chi connectivity index (χ1v) is 8.53. The van der Waals surface area contributed by atoms with Gasteiger partial charge in [0.2, 0.25) is 0 Å². The lowest BCUT2D eigenvalue weighted by Gasteiger charge is -2.22. The fourth-order valence-electron chi connectivity index (χ4n) is 2.76. The Bertz CT molecular complexity index is 392. The van der Waals surface area contributed by atoms with E-state index in [0.717, 1.165) is 12.5 Å². The Morgan fingerprint density at radius 3 is 2.68 bits per heavy atom. The molecule has 0 bridgehead atoms. The molecule has 1 aliphatic carbocycles. The summed E-state index contributed by atoms with van der Waals surface area (Å²) in [5.41, 5.74) is 1.39. The quantitative estimate of drug-likeness (QED) is 0.825. The van der Waals surface area contributed by atoms with Gasteiger partial charge in [-0.3, -0.25) is 0 Å². The summed E-state index contributed by atoms with van der Waals surface area (Å²) in [6.07, 6.45) is 6.91. The van der Waals surface area contributed by atoms with E-state index in [1.165, 1.54) is 42.8 Å². The average Bonchev–Trinajstić information content (AvgIpc) is 2.72. The van der Waals surface area contributed by atoms with Crippen molar-refractivity contribution < 1.29 is 0 Å². The maximum atomic E-state index is 4.77. The molecule has 2 atom stereocenters. The first-order valence-electron chi connectivity index (χ1n) is 7.65. The highest BCUT2D eigenvalue weighted by Gasteiger charge is 2.21. The number of hydrogen-bond acceptors (Lipinski definition) is 3. The van der Waals surface area contributed by atoms with Gasteiger partial charge in [-0.1, -0.05) is 47.0 Å². The molecule has 3 heteroatoms. The van der Waals surface area contributed by atoms with Gasteiger partial charge in [0.1, 0.15) is 0 Å². The second-order valence-electron chi connectivity index (χ2n) is 7.00. The molecule has 2 unspecified atom stereocenters. The van der Waals surface area contributed by atoms with Crippen molar-refractivity contribution >= 4 is 11.3 Å². The normalized spacial score (nSPS) is 25.3. The lowest BCUT2D eigenvalue weighted by atomic mass is 9.97. The zero-order chi connectivity index (χ0) is 13.9. The Morgan fingerprint density at radius 1 is 1.26 bits per heavy atom. The first-order chi connectivity index (χ1) is 8.97. The van der Waals surface area contributed by atoms with Gasteiger partial charge in [0, 0.05) is 23.4 Å². The molecule has 108 valence electrons. The fourth-order valence-corrected chi connectivity index (χ4v) is 3.67. The smallest absolute Gasteiger partial charge is 0.0982 e. The molecule has 0 radical (unpaired) electrons. The van der Waals surface area contributed by atoms with Crippen molar-refractivity contribution in [2.24, 2.45) is 5.92 Å². The van der Waals surface area contributed by atoms with Crippen molar-refractivity contribution in [3.63, 3.8) is 0 Å². The van der Waals surface area contributed by atoms with Gasteiger partial charge in [-0.2, -0.15) is 0 Å². The minimum atomic E-state index is 0.179. The lowest BCUT2D eigenvalue weighted by molar-refractivity contribution is 0.354. The number of hydrogen-bond donors (Lipinski definition) is 1. The van der Waals surface area contributed by atoms with Crippen molar-refractivity contribution in [1.82, 2.24) is 10.3 Å². The predicted octanol–water partition coefficient (Wildman–Crippen LogP) is 4.50. The molecule has 1 aromatic rings. The van der Waals surface area contributed by atoms with E-state index in [1.54, 1.807) is 11.3 Å². The molecule has 19 heavy (non-hydrogen) atoms. The molecule has 0 aromatic carbocycles. The Balaban J connectivity index is 1.89. The van der Waals surface area contributed by atoms with E-state index in [-0.39, 0.29) is 5.41 Å². The van der Waals surface area contributed by atoms with Crippen LogP contribution in [0.2, 0.25) is 0 Å². The molecule has 2 nitrogen and oxygen atoms in total. The predicted molar refractivity (Wildman–Crippen MR) is 83.7 cm³/mol. The van der Waals surface area contributed by atoms with Gasteiger partial charge in [-0.25, -0.2) is 4.98 Å². The van der Waals surface area contributed by atoms with E-state index < -0.39 is 0 Å². The van der Waals surface area contributed by atoms with Crippen molar-refractivity contribution in [3.05, 3.63) is 16.1 Å². The van der Waals surface area contributed by atoms with Gasteiger partial charge in [-0.15, -0.1) is 11.3 Å². The molecule has 1 N–H and O–H groups in total. The summed E-state index contributed by atoms with van der Waals surface area (Å²) >= 11 is 1.80. The topological polar surface area (TPSA) is 24.9 Å². The molecule has 0 amide bonds. The zero-order valence-electron chi connectivity index (χ0n) is 12.8. The standard InChI is InChI=1S/C16H28N2S/c1-12-8-6-5-7-9-14(12)17-10-13-11-19-15(18-13)16(2,3)4/h11-12,14,17H,5-10H2,1-4H3. The molecule has 1 fully saturated rings. The van der Waals surface area contributed by atoms with Crippen LogP contribution in [0.25, 0.3) is 0 Å². The molecule has 0 aliphatic heterocycles. The monoisotopic (exact) mass is 280 g/mol. The number of nitrogens with zero attached hydrogens (tertiary/aromatic N) is 1. The minimum Gasteiger partial charge on any atom is -0.308 e. The molecule has 2 rings (SSSR count). The summed E-state index contributed by atoms with van der Waals surface area (Å²) in [5.74, 6) is 0.809. The Kier molecular flexibility index (Phi) is 5.02. The van der Waals surface area contributed by atoms with Gasteiger partial charge in [0.15, 0.2) is 0 Å². The number of rotatable bonds is 3. The molecule has 0 spiro atoms. The van der Waals surface area contributed by atoms with Crippen molar-refractivity contribution in [2.45, 2.75) is 77.8 Å². The summed E-state index contributed by atoms with van der Waals surface area (Å²) in [6, 6.07) is 0.683. The average molecular weight is 280 g/mol. The SMILES string of the molecule is CC1CCCCCC1NCc1csc(C(C)(C)C)n1. The minimum absolute atomic E-state index is 0.179. The van der Waals surface area contributed by atoms with Crippen molar-refractivity contribution in [2.75, 3.05) is 0 Å². The molecular formula is C16H28N2S. The van der Waals surface area contributed by atoms with Crippen LogP contribution < -0.4 is 5.32 Å². The molecule has 1 saturated carbocycles. The maximum absolute atomic E-state index is 4.77. The van der Waals surface area contributed by atoms with Gasteiger partial charge in [0.05, 0.1) is 10.7 Å². The van der Waals surface area contributed by atoms with E-state index in [1.807, 2.05) is 0 Å².